The molecule has 1 saturated heterocycles. The molecule has 3 aromatic rings. The molecule has 1 N–H and O–H groups in total. The minimum absolute atomic E-state index is 0.101. The number of carbonyl (C=O) groups excluding carboxylic acids is 1. The van der Waals surface area contributed by atoms with Crippen molar-refractivity contribution in [3.63, 3.8) is 0 Å². The molecule has 1 aliphatic rings. The molecule has 1 unspecified atom stereocenters. The Hall–Kier alpha value is -3.04. The van der Waals surface area contributed by atoms with Crippen LogP contribution in [0.5, 0.6) is 5.75 Å². The number of nitrogens with one attached hydrogen (secondary N) is 1. The van der Waals surface area contributed by atoms with Crippen LogP contribution < -0.4 is 19.3 Å². The summed E-state index contributed by atoms with van der Waals surface area (Å²) in [5, 5.41) is 2.97. The van der Waals surface area contributed by atoms with Crippen molar-refractivity contribution in [2.75, 3.05) is 35.4 Å². The van der Waals surface area contributed by atoms with E-state index in [-0.39, 0.29) is 17.5 Å². The van der Waals surface area contributed by atoms with Crippen molar-refractivity contribution in [3.05, 3.63) is 82.8 Å². The Kier molecular flexibility index (Phi) is 9.33. The number of benzene rings is 3. The number of halogens is 1. The van der Waals surface area contributed by atoms with Gasteiger partial charge in [0.05, 0.1) is 23.2 Å². The Morgan fingerprint density at radius 1 is 0.974 bits per heavy atom. The van der Waals surface area contributed by atoms with Crippen LogP contribution in [0.1, 0.15) is 44.7 Å². The highest BCUT2D eigenvalue weighted by atomic mass is 79.9. The fourth-order valence-corrected chi connectivity index (χ4v) is 6.24. The van der Waals surface area contributed by atoms with Gasteiger partial charge in [0.2, 0.25) is 5.91 Å². The summed E-state index contributed by atoms with van der Waals surface area (Å²) >= 11 is 3.34. The zero-order chi connectivity index (χ0) is 27.1. The van der Waals surface area contributed by atoms with E-state index in [0.717, 1.165) is 27.4 Å². The minimum Gasteiger partial charge on any atom is -0.494 e. The second kappa shape index (κ2) is 12.7. The van der Waals surface area contributed by atoms with E-state index in [9.17, 15) is 13.2 Å². The molecule has 9 heteroatoms. The lowest BCUT2D eigenvalue weighted by atomic mass is 10.1. The van der Waals surface area contributed by atoms with Crippen molar-refractivity contribution < 1.29 is 17.9 Å². The van der Waals surface area contributed by atoms with Crippen LogP contribution in [-0.2, 0) is 14.8 Å². The van der Waals surface area contributed by atoms with Crippen LogP contribution in [0.2, 0.25) is 0 Å². The quantitative estimate of drug-likeness (QED) is 0.313. The Labute approximate surface area is 234 Å². The van der Waals surface area contributed by atoms with E-state index in [1.807, 2.05) is 26.0 Å². The maximum absolute atomic E-state index is 13.6. The molecule has 0 spiro atoms. The number of hydrogen-bond donors (Lipinski definition) is 1. The molecule has 38 heavy (non-hydrogen) atoms. The lowest BCUT2D eigenvalue weighted by Gasteiger charge is -2.29. The Balaban J connectivity index is 1.51. The van der Waals surface area contributed by atoms with Gasteiger partial charge in [-0.2, -0.15) is 0 Å². The highest BCUT2D eigenvalue weighted by molar-refractivity contribution is 9.10. The van der Waals surface area contributed by atoms with E-state index in [2.05, 4.69) is 38.3 Å². The average Bonchev–Trinajstić information content (AvgIpc) is 2.93. The zero-order valence-corrected chi connectivity index (χ0v) is 24.2. The molecular weight excluding hydrogens is 566 g/mol. The van der Waals surface area contributed by atoms with Crippen LogP contribution in [0.4, 0.5) is 11.4 Å². The number of amides is 1. The van der Waals surface area contributed by atoms with Crippen molar-refractivity contribution in [3.8, 4) is 5.75 Å². The van der Waals surface area contributed by atoms with E-state index in [1.165, 1.54) is 37.1 Å². The van der Waals surface area contributed by atoms with Gasteiger partial charge in [0.25, 0.3) is 10.0 Å². The van der Waals surface area contributed by atoms with Gasteiger partial charge in [0, 0.05) is 23.2 Å². The van der Waals surface area contributed by atoms with Gasteiger partial charge in [-0.3, -0.25) is 9.10 Å². The predicted octanol–water partition coefficient (Wildman–Crippen LogP) is 5.91. The van der Waals surface area contributed by atoms with Crippen LogP contribution in [-0.4, -0.2) is 40.6 Å². The first-order valence-corrected chi connectivity index (χ1v) is 15.2. The van der Waals surface area contributed by atoms with E-state index in [0.29, 0.717) is 18.0 Å². The number of anilines is 2. The predicted molar refractivity (Wildman–Crippen MR) is 155 cm³/mol. The molecule has 4 rings (SSSR count). The summed E-state index contributed by atoms with van der Waals surface area (Å²) in [4.78, 5) is 15.7. The van der Waals surface area contributed by atoms with Gasteiger partial charge in [-0.05, 0) is 99.3 Å². The summed E-state index contributed by atoms with van der Waals surface area (Å²) in [6.45, 7) is 6.06. The summed E-state index contributed by atoms with van der Waals surface area (Å²) in [5.41, 5.74) is 2.53. The Morgan fingerprint density at radius 3 is 2.21 bits per heavy atom. The second-order valence-electron chi connectivity index (χ2n) is 9.32. The van der Waals surface area contributed by atoms with E-state index in [1.54, 1.807) is 36.4 Å². The highest BCUT2D eigenvalue weighted by Gasteiger charge is 2.28. The Morgan fingerprint density at radius 2 is 1.61 bits per heavy atom. The third-order valence-electron chi connectivity index (χ3n) is 6.62. The topological polar surface area (TPSA) is 79.0 Å². The maximum Gasteiger partial charge on any atom is 0.264 e. The lowest BCUT2D eigenvalue weighted by molar-refractivity contribution is -0.120. The first-order chi connectivity index (χ1) is 18.3. The molecule has 1 atom stereocenters. The summed E-state index contributed by atoms with van der Waals surface area (Å²) in [6, 6.07) is 21.0. The second-order valence-corrected chi connectivity index (χ2v) is 12.1. The van der Waals surface area contributed by atoms with Gasteiger partial charge >= 0.3 is 0 Å². The molecule has 1 aliphatic heterocycles. The van der Waals surface area contributed by atoms with Crippen molar-refractivity contribution in [1.82, 2.24) is 5.32 Å². The molecule has 1 heterocycles. The van der Waals surface area contributed by atoms with Gasteiger partial charge in [0.15, 0.2) is 0 Å². The first-order valence-electron chi connectivity index (χ1n) is 12.9. The number of piperidine rings is 1. The lowest BCUT2D eigenvalue weighted by Crippen LogP contribution is -2.41. The molecule has 0 aromatic heterocycles. The summed E-state index contributed by atoms with van der Waals surface area (Å²) in [7, 11) is -4.00. The molecule has 7 nitrogen and oxygen atoms in total. The zero-order valence-electron chi connectivity index (χ0n) is 21.8. The molecule has 0 aliphatic carbocycles. The SMILES string of the molecule is CCOc1ccc(N(CC(=O)NC(C)c2ccc(N3CCCCC3)cc2)S(=O)(=O)c2ccc(Br)cc2)cc1. The third kappa shape index (κ3) is 6.88. The monoisotopic (exact) mass is 599 g/mol. The van der Waals surface area contributed by atoms with Crippen LogP contribution in [0.3, 0.4) is 0 Å². The highest BCUT2D eigenvalue weighted by Crippen LogP contribution is 2.27. The van der Waals surface area contributed by atoms with E-state index < -0.39 is 15.9 Å². The van der Waals surface area contributed by atoms with Crippen LogP contribution >= 0.6 is 15.9 Å². The number of carbonyl (C=O) groups is 1. The molecule has 202 valence electrons. The van der Waals surface area contributed by atoms with Crippen molar-refractivity contribution >= 4 is 43.2 Å². The molecule has 0 saturated carbocycles. The molecule has 1 amide bonds. The average molecular weight is 601 g/mol. The molecule has 0 bridgehead atoms. The Bertz CT molecular complexity index is 1310. The summed E-state index contributed by atoms with van der Waals surface area (Å²) in [5.74, 6) is 0.232. The van der Waals surface area contributed by atoms with Crippen LogP contribution in [0.15, 0.2) is 82.2 Å². The van der Waals surface area contributed by atoms with Crippen LogP contribution in [0.25, 0.3) is 0 Å². The molecule has 3 aromatic carbocycles. The molecule has 0 radical (unpaired) electrons. The number of nitrogens with zero attached hydrogens (tertiary/aromatic N) is 2. The number of rotatable bonds is 10. The van der Waals surface area contributed by atoms with Crippen molar-refractivity contribution in [1.29, 1.82) is 0 Å². The number of sulfonamides is 1. The maximum atomic E-state index is 13.6. The number of hydrogen-bond acceptors (Lipinski definition) is 5. The van der Waals surface area contributed by atoms with Gasteiger partial charge in [-0.1, -0.05) is 28.1 Å². The van der Waals surface area contributed by atoms with Gasteiger partial charge in [0.1, 0.15) is 12.3 Å². The summed E-state index contributed by atoms with van der Waals surface area (Å²) < 4.78 is 34.7. The van der Waals surface area contributed by atoms with Gasteiger partial charge < -0.3 is 15.0 Å². The van der Waals surface area contributed by atoms with Crippen LogP contribution in [0, 0.1) is 0 Å². The van der Waals surface area contributed by atoms with Crippen molar-refractivity contribution in [2.24, 2.45) is 0 Å². The minimum atomic E-state index is -4.00. The fraction of sp³-hybridized carbons (Fsp3) is 0.345. The molecular formula is C29H34BrN3O4S. The smallest absolute Gasteiger partial charge is 0.264 e. The van der Waals surface area contributed by atoms with E-state index >= 15 is 0 Å². The first kappa shape index (κ1) is 28.0. The normalized spacial score (nSPS) is 14.6. The fourth-order valence-electron chi connectivity index (χ4n) is 4.55. The largest absolute Gasteiger partial charge is 0.494 e. The van der Waals surface area contributed by atoms with E-state index in [4.69, 9.17) is 4.74 Å². The van der Waals surface area contributed by atoms with Crippen molar-refractivity contribution in [2.45, 2.75) is 44.0 Å². The third-order valence-corrected chi connectivity index (χ3v) is 8.93. The summed E-state index contributed by atoms with van der Waals surface area (Å²) in [6.07, 6.45) is 3.70. The van der Waals surface area contributed by atoms with Gasteiger partial charge in [-0.25, -0.2) is 8.42 Å². The standard InChI is InChI=1S/C29H34BrN3O4S/c1-3-37-27-15-13-26(14-16-27)33(38(35,36)28-17-9-24(30)10-18-28)21-29(34)31-22(2)23-7-11-25(12-8-23)32-19-5-4-6-20-32/h7-18,22H,3-6,19-21H2,1-2H3,(H,31,34). The molecule has 1 fully saturated rings. The number of ether oxygens (including phenoxy) is 1. The van der Waals surface area contributed by atoms with Gasteiger partial charge in [-0.15, -0.1) is 0 Å².